The number of benzene rings is 1. The van der Waals surface area contributed by atoms with Gasteiger partial charge < -0.3 is 11.1 Å². The van der Waals surface area contributed by atoms with E-state index in [0.717, 1.165) is 0 Å². The zero-order valence-corrected chi connectivity index (χ0v) is 15.3. The second kappa shape index (κ2) is 7.61. The molecular weight excluding hydrogens is 338 g/mol. The molecule has 2 atom stereocenters. The summed E-state index contributed by atoms with van der Waals surface area (Å²) in [5.41, 5.74) is 5.12. The van der Waals surface area contributed by atoms with Crippen molar-refractivity contribution < 1.29 is 13.2 Å². The Bertz CT molecular complexity index is 646. The number of amides is 1. The van der Waals surface area contributed by atoms with Gasteiger partial charge in [0.1, 0.15) is 0 Å². The van der Waals surface area contributed by atoms with Crippen molar-refractivity contribution in [1.82, 2.24) is 10.0 Å². The van der Waals surface area contributed by atoms with Crippen molar-refractivity contribution in [3.63, 3.8) is 0 Å². The lowest BCUT2D eigenvalue weighted by molar-refractivity contribution is -0.124. The summed E-state index contributed by atoms with van der Waals surface area (Å²) in [7, 11) is -3.80. The maximum Gasteiger partial charge on any atom is 0.241 e. The first-order chi connectivity index (χ1) is 10.5. The molecule has 1 rings (SSSR count). The number of carbonyl (C=O) groups excluding carboxylic acids is 1. The molecule has 0 saturated carbocycles. The third-order valence-electron chi connectivity index (χ3n) is 3.96. The highest BCUT2D eigenvalue weighted by molar-refractivity contribution is 7.89. The van der Waals surface area contributed by atoms with E-state index in [0.29, 0.717) is 5.02 Å². The Balaban J connectivity index is 2.84. The number of nitrogens with one attached hydrogen (secondary N) is 2. The first kappa shape index (κ1) is 19.9. The van der Waals surface area contributed by atoms with Crippen molar-refractivity contribution in [2.45, 2.75) is 44.2 Å². The molecule has 0 fully saturated rings. The summed E-state index contributed by atoms with van der Waals surface area (Å²) < 4.78 is 26.9. The standard InChI is InChI=1S/C15H24ClN3O3S/c1-10(2)15(4,9-17)18-14(20)11(3)19-23(21,22)13-7-5-12(16)6-8-13/h5-8,10-11,19H,9,17H2,1-4H3,(H,18,20). The zero-order valence-electron chi connectivity index (χ0n) is 13.8. The number of halogens is 1. The molecule has 2 unspecified atom stereocenters. The molecule has 130 valence electrons. The van der Waals surface area contributed by atoms with Gasteiger partial charge in [-0.2, -0.15) is 4.72 Å². The summed E-state index contributed by atoms with van der Waals surface area (Å²) >= 11 is 5.74. The Morgan fingerprint density at radius 1 is 1.26 bits per heavy atom. The van der Waals surface area contributed by atoms with E-state index in [1.807, 2.05) is 20.8 Å². The van der Waals surface area contributed by atoms with Gasteiger partial charge in [-0.1, -0.05) is 25.4 Å². The van der Waals surface area contributed by atoms with Gasteiger partial charge in [0.05, 0.1) is 16.5 Å². The van der Waals surface area contributed by atoms with Crippen LogP contribution in [-0.4, -0.2) is 32.5 Å². The zero-order chi connectivity index (χ0) is 17.8. The summed E-state index contributed by atoms with van der Waals surface area (Å²) in [6.07, 6.45) is 0. The normalized spacial score (nSPS) is 16.0. The van der Waals surface area contributed by atoms with E-state index in [9.17, 15) is 13.2 Å². The number of carbonyl (C=O) groups is 1. The summed E-state index contributed by atoms with van der Waals surface area (Å²) in [5.74, 6) is -0.319. The second-order valence-corrected chi connectivity index (χ2v) is 8.21. The fourth-order valence-electron chi connectivity index (χ4n) is 1.79. The average Bonchev–Trinajstić information content (AvgIpc) is 2.46. The van der Waals surface area contributed by atoms with Gasteiger partial charge in [-0.15, -0.1) is 0 Å². The summed E-state index contributed by atoms with van der Waals surface area (Å²) in [4.78, 5) is 12.3. The van der Waals surface area contributed by atoms with Crippen LogP contribution in [0.15, 0.2) is 29.2 Å². The van der Waals surface area contributed by atoms with Crippen LogP contribution in [0.1, 0.15) is 27.7 Å². The topological polar surface area (TPSA) is 101 Å². The Hall–Kier alpha value is -1.15. The fourth-order valence-corrected chi connectivity index (χ4v) is 3.12. The summed E-state index contributed by atoms with van der Waals surface area (Å²) in [6, 6.07) is 4.79. The molecule has 0 bridgehead atoms. The van der Waals surface area contributed by atoms with Gasteiger partial charge in [0.25, 0.3) is 0 Å². The SMILES string of the molecule is CC(NS(=O)(=O)c1ccc(Cl)cc1)C(=O)NC(C)(CN)C(C)C. The molecule has 0 aromatic heterocycles. The van der Waals surface area contributed by atoms with E-state index < -0.39 is 27.5 Å². The predicted molar refractivity (Wildman–Crippen MR) is 91.7 cm³/mol. The van der Waals surface area contributed by atoms with Crippen LogP contribution in [0.25, 0.3) is 0 Å². The van der Waals surface area contributed by atoms with Gasteiger partial charge in [0.15, 0.2) is 0 Å². The first-order valence-electron chi connectivity index (χ1n) is 7.32. The number of sulfonamides is 1. The van der Waals surface area contributed by atoms with Gasteiger partial charge in [0.2, 0.25) is 15.9 Å². The highest BCUT2D eigenvalue weighted by atomic mass is 35.5. The monoisotopic (exact) mass is 361 g/mol. The molecule has 0 spiro atoms. The Kier molecular flexibility index (Phi) is 6.59. The molecule has 0 aliphatic carbocycles. The predicted octanol–water partition coefficient (Wildman–Crippen LogP) is 1.50. The maximum absolute atomic E-state index is 12.3. The van der Waals surface area contributed by atoms with E-state index >= 15 is 0 Å². The minimum Gasteiger partial charge on any atom is -0.348 e. The van der Waals surface area contributed by atoms with Crippen molar-refractivity contribution in [3.8, 4) is 0 Å². The molecule has 0 heterocycles. The number of rotatable bonds is 7. The van der Waals surface area contributed by atoms with Crippen molar-refractivity contribution in [2.75, 3.05) is 6.54 Å². The van der Waals surface area contributed by atoms with Crippen LogP contribution < -0.4 is 15.8 Å². The molecule has 1 amide bonds. The lowest BCUT2D eigenvalue weighted by Gasteiger charge is -2.34. The molecule has 0 aliphatic rings. The molecule has 8 heteroatoms. The van der Waals surface area contributed by atoms with E-state index in [2.05, 4.69) is 10.0 Å². The lowest BCUT2D eigenvalue weighted by atomic mass is 9.88. The molecule has 6 nitrogen and oxygen atoms in total. The van der Waals surface area contributed by atoms with E-state index in [1.165, 1.54) is 31.2 Å². The molecule has 1 aromatic rings. The van der Waals surface area contributed by atoms with Crippen LogP contribution in [0.4, 0.5) is 0 Å². The van der Waals surface area contributed by atoms with Gasteiger partial charge in [-0.25, -0.2) is 8.42 Å². The minimum absolute atomic E-state index is 0.0481. The van der Waals surface area contributed by atoms with Crippen molar-refractivity contribution in [1.29, 1.82) is 0 Å². The van der Waals surface area contributed by atoms with E-state index in [-0.39, 0.29) is 17.4 Å². The number of hydrogen-bond acceptors (Lipinski definition) is 4. The number of nitrogens with two attached hydrogens (primary N) is 1. The van der Waals surface area contributed by atoms with Gasteiger partial charge in [-0.3, -0.25) is 4.79 Å². The van der Waals surface area contributed by atoms with Crippen LogP contribution in [0.3, 0.4) is 0 Å². The minimum atomic E-state index is -3.80. The van der Waals surface area contributed by atoms with Crippen molar-refractivity contribution >= 4 is 27.5 Å². The largest absolute Gasteiger partial charge is 0.348 e. The fraction of sp³-hybridized carbons (Fsp3) is 0.533. The Labute approximate surface area is 142 Å². The molecule has 1 aromatic carbocycles. The second-order valence-electron chi connectivity index (χ2n) is 6.06. The van der Waals surface area contributed by atoms with Gasteiger partial charge in [0, 0.05) is 11.6 Å². The van der Waals surface area contributed by atoms with Crippen molar-refractivity contribution in [3.05, 3.63) is 29.3 Å². The van der Waals surface area contributed by atoms with Crippen LogP contribution in [0.2, 0.25) is 5.02 Å². The quantitative estimate of drug-likeness (QED) is 0.684. The molecule has 4 N–H and O–H groups in total. The van der Waals surface area contributed by atoms with Gasteiger partial charge >= 0.3 is 0 Å². The highest BCUT2D eigenvalue weighted by Crippen LogP contribution is 2.16. The highest BCUT2D eigenvalue weighted by Gasteiger charge is 2.31. The lowest BCUT2D eigenvalue weighted by Crippen LogP contribution is -2.59. The summed E-state index contributed by atoms with van der Waals surface area (Å²) in [6.45, 7) is 7.45. The van der Waals surface area contributed by atoms with Crippen LogP contribution in [0, 0.1) is 5.92 Å². The van der Waals surface area contributed by atoms with Crippen LogP contribution in [-0.2, 0) is 14.8 Å². The number of hydrogen-bond donors (Lipinski definition) is 3. The molecular formula is C15H24ClN3O3S. The molecule has 0 aliphatic heterocycles. The maximum atomic E-state index is 12.3. The smallest absolute Gasteiger partial charge is 0.241 e. The Morgan fingerprint density at radius 2 is 1.78 bits per heavy atom. The van der Waals surface area contributed by atoms with Crippen LogP contribution >= 0.6 is 11.6 Å². The first-order valence-corrected chi connectivity index (χ1v) is 9.18. The third-order valence-corrected chi connectivity index (χ3v) is 5.76. The van der Waals surface area contributed by atoms with Gasteiger partial charge in [-0.05, 0) is 44.0 Å². The average molecular weight is 362 g/mol. The molecule has 0 radical (unpaired) electrons. The Morgan fingerprint density at radius 3 is 2.22 bits per heavy atom. The van der Waals surface area contributed by atoms with Crippen molar-refractivity contribution in [2.24, 2.45) is 11.7 Å². The summed E-state index contributed by atoms with van der Waals surface area (Å²) in [5, 5.41) is 3.25. The molecule has 0 saturated heterocycles. The third kappa shape index (κ3) is 5.17. The van der Waals surface area contributed by atoms with E-state index in [1.54, 1.807) is 0 Å². The van der Waals surface area contributed by atoms with Crippen LogP contribution in [0.5, 0.6) is 0 Å². The van der Waals surface area contributed by atoms with E-state index in [4.69, 9.17) is 17.3 Å². The molecule has 23 heavy (non-hydrogen) atoms.